The molecule has 0 aliphatic heterocycles. The Hall–Kier alpha value is -1.59. The Kier molecular flexibility index (Phi) is 3.95. The zero-order valence-electron chi connectivity index (χ0n) is 10.0. The predicted octanol–water partition coefficient (Wildman–Crippen LogP) is 1.05. The van der Waals surface area contributed by atoms with Crippen LogP contribution in [-0.2, 0) is 11.3 Å². The van der Waals surface area contributed by atoms with Crippen LogP contribution >= 0.6 is 0 Å². The number of imidazole rings is 1. The Balaban J connectivity index is 2.29. The molecule has 0 aliphatic carbocycles. The summed E-state index contributed by atoms with van der Waals surface area (Å²) in [6, 6.07) is 8.06. The first-order valence-corrected chi connectivity index (χ1v) is 5.75. The summed E-state index contributed by atoms with van der Waals surface area (Å²) in [5, 5.41) is 3.26. The summed E-state index contributed by atoms with van der Waals surface area (Å²) < 4.78 is 7.12. The Morgan fingerprint density at radius 1 is 1.41 bits per heavy atom. The molecule has 5 heteroatoms. The second kappa shape index (κ2) is 5.65. The molecule has 17 heavy (non-hydrogen) atoms. The van der Waals surface area contributed by atoms with E-state index in [1.54, 1.807) is 7.11 Å². The fraction of sp³-hybridized carbons (Fsp3) is 0.417. The molecule has 0 saturated carbocycles. The highest BCUT2D eigenvalue weighted by Crippen LogP contribution is 2.18. The lowest BCUT2D eigenvalue weighted by Crippen LogP contribution is -2.16. The highest BCUT2D eigenvalue weighted by atomic mass is 16.5. The van der Waals surface area contributed by atoms with Gasteiger partial charge < -0.3 is 20.4 Å². The van der Waals surface area contributed by atoms with E-state index in [1.807, 2.05) is 18.2 Å². The van der Waals surface area contributed by atoms with Crippen molar-refractivity contribution in [3.05, 3.63) is 24.3 Å². The number of aromatic nitrogens is 2. The molecule has 1 aromatic carbocycles. The summed E-state index contributed by atoms with van der Waals surface area (Å²) in [5.74, 6) is 0.855. The molecule has 2 aromatic rings. The zero-order chi connectivity index (χ0) is 12.1. The lowest BCUT2D eigenvalue weighted by molar-refractivity contribution is 0.210. The van der Waals surface area contributed by atoms with Crippen LogP contribution in [-0.4, -0.2) is 36.4 Å². The summed E-state index contributed by atoms with van der Waals surface area (Å²) in [6.45, 7) is 2.76. The lowest BCUT2D eigenvalue weighted by Gasteiger charge is -2.09. The summed E-state index contributed by atoms with van der Waals surface area (Å²) in [7, 11) is 1.69. The summed E-state index contributed by atoms with van der Waals surface area (Å²) in [6.07, 6.45) is 0. The van der Waals surface area contributed by atoms with Gasteiger partial charge in [-0.3, -0.25) is 0 Å². The molecule has 0 radical (unpaired) electrons. The number of hydrogen-bond donors (Lipinski definition) is 2. The Morgan fingerprint density at radius 2 is 2.24 bits per heavy atom. The minimum atomic E-state index is 0.597. The van der Waals surface area contributed by atoms with Crippen molar-refractivity contribution in [2.75, 3.05) is 32.1 Å². The smallest absolute Gasteiger partial charge is 0.204 e. The molecule has 0 bridgehead atoms. The normalized spacial score (nSPS) is 10.9. The van der Waals surface area contributed by atoms with Gasteiger partial charge in [0.15, 0.2) is 0 Å². The van der Waals surface area contributed by atoms with Gasteiger partial charge in [-0.2, -0.15) is 0 Å². The van der Waals surface area contributed by atoms with Crippen LogP contribution in [0.2, 0.25) is 0 Å². The number of nitrogens with two attached hydrogens (primary N) is 1. The van der Waals surface area contributed by atoms with Crippen molar-refractivity contribution in [2.24, 2.45) is 5.73 Å². The molecule has 92 valence electrons. The molecule has 0 amide bonds. The van der Waals surface area contributed by atoms with E-state index >= 15 is 0 Å². The van der Waals surface area contributed by atoms with Crippen molar-refractivity contribution < 1.29 is 4.74 Å². The zero-order valence-corrected chi connectivity index (χ0v) is 10.0. The first-order valence-electron chi connectivity index (χ1n) is 5.75. The first kappa shape index (κ1) is 11.9. The molecule has 5 nitrogen and oxygen atoms in total. The maximum absolute atomic E-state index is 5.63. The van der Waals surface area contributed by atoms with Crippen LogP contribution in [0, 0.1) is 0 Å². The fourth-order valence-corrected chi connectivity index (χ4v) is 1.83. The van der Waals surface area contributed by atoms with Crippen molar-refractivity contribution in [3.63, 3.8) is 0 Å². The summed E-state index contributed by atoms with van der Waals surface area (Å²) in [5.41, 5.74) is 7.73. The number of nitrogens with one attached hydrogen (secondary N) is 1. The number of benzene rings is 1. The van der Waals surface area contributed by atoms with Crippen LogP contribution in [0.3, 0.4) is 0 Å². The largest absolute Gasteiger partial charge is 0.383 e. The number of para-hydroxylation sites is 2. The number of fused-ring (bicyclic) bond motifs is 1. The predicted molar refractivity (Wildman–Crippen MR) is 69.2 cm³/mol. The minimum absolute atomic E-state index is 0.597. The average Bonchev–Trinajstić information content (AvgIpc) is 2.69. The van der Waals surface area contributed by atoms with Crippen molar-refractivity contribution in [3.8, 4) is 0 Å². The van der Waals surface area contributed by atoms with Gasteiger partial charge in [0, 0.05) is 26.7 Å². The molecule has 0 atom stereocenters. The van der Waals surface area contributed by atoms with Gasteiger partial charge >= 0.3 is 0 Å². The molecule has 3 N–H and O–H groups in total. The van der Waals surface area contributed by atoms with Crippen molar-refractivity contribution >= 4 is 17.0 Å². The quantitative estimate of drug-likeness (QED) is 0.733. The average molecular weight is 234 g/mol. The van der Waals surface area contributed by atoms with Gasteiger partial charge in [0.25, 0.3) is 0 Å². The van der Waals surface area contributed by atoms with Crippen molar-refractivity contribution in [1.82, 2.24) is 9.55 Å². The lowest BCUT2D eigenvalue weighted by atomic mass is 10.3. The van der Waals surface area contributed by atoms with Gasteiger partial charge in [0.1, 0.15) is 0 Å². The standard InChI is InChI=1S/C12H18N4O/c1-17-9-7-14-12-15-10-4-2-3-5-11(10)16(12)8-6-13/h2-5H,6-9,13H2,1H3,(H,14,15). The Bertz CT molecular complexity index is 480. The van der Waals surface area contributed by atoms with Crippen molar-refractivity contribution in [2.45, 2.75) is 6.54 Å². The van der Waals surface area contributed by atoms with Gasteiger partial charge in [0.2, 0.25) is 5.95 Å². The van der Waals surface area contributed by atoms with E-state index in [-0.39, 0.29) is 0 Å². The number of anilines is 1. The van der Waals surface area contributed by atoms with E-state index < -0.39 is 0 Å². The van der Waals surface area contributed by atoms with E-state index in [1.165, 1.54) is 0 Å². The highest BCUT2D eigenvalue weighted by Gasteiger charge is 2.08. The molecule has 0 fully saturated rings. The summed E-state index contributed by atoms with van der Waals surface area (Å²) >= 11 is 0. The molecular weight excluding hydrogens is 216 g/mol. The van der Waals surface area contributed by atoms with E-state index in [0.717, 1.165) is 30.1 Å². The first-order chi connectivity index (χ1) is 8.36. The molecule has 0 aliphatic rings. The van der Waals surface area contributed by atoms with Crippen LogP contribution in [0.4, 0.5) is 5.95 Å². The van der Waals surface area contributed by atoms with Crippen LogP contribution in [0.25, 0.3) is 11.0 Å². The molecule has 0 spiro atoms. The molecule has 0 saturated heterocycles. The maximum Gasteiger partial charge on any atom is 0.204 e. The van der Waals surface area contributed by atoms with Crippen LogP contribution < -0.4 is 11.1 Å². The minimum Gasteiger partial charge on any atom is -0.383 e. The van der Waals surface area contributed by atoms with Crippen LogP contribution in [0.1, 0.15) is 0 Å². The fourth-order valence-electron chi connectivity index (χ4n) is 1.83. The number of rotatable bonds is 6. The maximum atomic E-state index is 5.63. The Labute approximate surface area is 101 Å². The molecular formula is C12H18N4O. The van der Waals surface area contributed by atoms with Crippen LogP contribution in [0.5, 0.6) is 0 Å². The topological polar surface area (TPSA) is 65.1 Å². The third-order valence-electron chi connectivity index (χ3n) is 2.60. The highest BCUT2D eigenvalue weighted by molar-refractivity contribution is 5.78. The second-order valence-electron chi connectivity index (χ2n) is 3.78. The third kappa shape index (κ3) is 2.57. The van der Waals surface area contributed by atoms with Gasteiger partial charge in [-0.05, 0) is 12.1 Å². The number of methoxy groups -OCH3 is 1. The number of ether oxygens (including phenoxy) is 1. The van der Waals surface area contributed by atoms with Gasteiger partial charge in [0.05, 0.1) is 17.6 Å². The Morgan fingerprint density at radius 3 is 3.00 bits per heavy atom. The third-order valence-corrected chi connectivity index (χ3v) is 2.60. The van der Waals surface area contributed by atoms with Gasteiger partial charge in [-0.1, -0.05) is 12.1 Å². The molecule has 0 unspecified atom stereocenters. The SMILES string of the molecule is COCCNc1nc2ccccc2n1CCN. The molecule has 2 rings (SSSR count). The van der Waals surface area contributed by atoms with E-state index in [4.69, 9.17) is 10.5 Å². The second-order valence-corrected chi connectivity index (χ2v) is 3.78. The van der Waals surface area contributed by atoms with Crippen molar-refractivity contribution in [1.29, 1.82) is 0 Å². The van der Waals surface area contributed by atoms with Gasteiger partial charge in [-0.25, -0.2) is 4.98 Å². The van der Waals surface area contributed by atoms with E-state index in [9.17, 15) is 0 Å². The molecule has 1 aromatic heterocycles. The van der Waals surface area contributed by atoms with Gasteiger partial charge in [-0.15, -0.1) is 0 Å². The summed E-state index contributed by atoms with van der Waals surface area (Å²) in [4.78, 5) is 4.54. The van der Waals surface area contributed by atoms with E-state index in [0.29, 0.717) is 13.2 Å². The van der Waals surface area contributed by atoms with Crippen LogP contribution in [0.15, 0.2) is 24.3 Å². The van der Waals surface area contributed by atoms with E-state index in [2.05, 4.69) is 20.9 Å². The number of nitrogens with zero attached hydrogens (tertiary/aromatic N) is 2. The monoisotopic (exact) mass is 234 g/mol. The number of hydrogen-bond acceptors (Lipinski definition) is 4. The molecule has 1 heterocycles.